The summed E-state index contributed by atoms with van der Waals surface area (Å²) >= 11 is 5.94. The lowest BCUT2D eigenvalue weighted by Crippen LogP contribution is -2.30. The van der Waals surface area contributed by atoms with Crippen LogP contribution in [0.3, 0.4) is 0 Å². The monoisotopic (exact) mass is 361 g/mol. The maximum atomic E-state index is 12.9. The molecular formula is C19H20ClNO4. The van der Waals surface area contributed by atoms with Gasteiger partial charge in [-0.25, -0.2) is 0 Å². The molecule has 0 spiro atoms. The van der Waals surface area contributed by atoms with E-state index in [-0.39, 0.29) is 22.7 Å². The number of likely N-dealkylation sites (tertiary alicyclic amines) is 1. The van der Waals surface area contributed by atoms with Crippen LogP contribution in [0.15, 0.2) is 36.4 Å². The zero-order valence-corrected chi connectivity index (χ0v) is 14.9. The molecule has 6 heteroatoms. The maximum absolute atomic E-state index is 12.9. The van der Waals surface area contributed by atoms with E-state index in [9.17, 15) is 9.90 Å². The second kappa shape index (κ2) is 7.23. The molecule has 1 heterocycles. The van der Waals surface area contributed by atoms with Crippen molar-refractivity contribution in [3.63, 3.8) is 0 Å². The Morgan fingerprint density at radius 3 is 2.60 bits per heavy atom. The molecule has 1 atom stereocenters. The third kappa shape index (κ3) is 3.37. The second-order valence-corrected chi connectivity index (χ2v) is 6.34. The van der Waals surface area contributed by atoms with Crippen molar-refractivity contribution in [2.24, 2.45) is 0 Å². The minimum absolute atomic E-state index is 0.0279. The predicted molar refractivity (Wildman–Crippen MR) is 95.7 cm³/mol. The van der Waals surface area contributed by atoms with Gasteiger partial charge in [0, 0.05) is 12.1 Å². The highest BCUT2D eigenvalue weighted by Gasteiger charge is 2.31. The molecule has 1 aliphatic heterocycles. The Hall–Kier alpha value is -2.40. The largest absolute Gasteiger partial charge is 0.506 e. The van der Waals surface area contributed by atoms with Crippen LogP contribution in [0.2, 0.25) is 5.02 Å². The number of hydrogen-bond acceptors (Lipinski definition) is 4. The predicted octanol–water partition coefficient (Wildman–Crippen LogP) is 4.04. The van der Waals surface area contributed by atoms with Gasteiger partial charge in [-0.2, -0.15) is 0 Å². The number of benzene rings is 2. The van der Waals surface area contributed by atoms with Gasteiger partial charge in [-0.3, -0.25) is 4.79 Å². The van der Waals surface area contributed by atoms with Crippen LogP contribution in [-0.4, -0.2) is 36.7 Å². The molecule has 0 aliphatic carbocycles. The number of methoxy groups -OCH3 is 2. The molecule has 1 N–H and O–H groups in total. The van der Waals surface area contributed by atoms with E-state index in [0.29, 0.717) is 23.6 Å². The number of rotatable bonds is 4. The Balaban J connectivity index is 1.89. The lowest BCUT2D eigenvalue weighted by Gasteiger charge is -2.26. The zero-order valence-electron chi connectivity index (χ0n) is 14.2. The Labute approximate surface area is 151 Å². The number of aromatic hydroxyl groups is 1. The number of halogens is 1. The fourth-order valence-electron chi connectivity index (χ4n) is 3.22. The lowest BCUT2D eigenvalue weighted by atomic mass is 10.0. The van der Waals surface area contributed by atoms with Gasteiger partial charge in [-0.1, -0.05) is 17.7 Å². The maximum Gasteiger partial charge on any atom is 0.254 e. The molecule has 1 saturated heterocycles. The van der Waals surface area contributed by atoms with E-state index in [0.717, 1.165) is 18.4 Å². The second-order valence-electron chi connectivity index (χ2n) is 5.94. The topological polar surface area (TPSA) is 59.0 Å². The zero-order chi connectivity index (χ0) is 18.0. The summed E-state index contributed by atoms with van der Waals surface area (Å²) < 4.78 is 10.7. The van der Waals surface area contributed by atoms with E-state index in [1.807, 2.05) is 23.1 Å². The third-order valence-electron chi connectivity index (χ3n) is 4.50. The number of amides is 1. The molecule has 0 saturated carbocycles. The minimum Gasteiger partial charge on any atom is -0.506 e. The van der Waals surface area contributed by atoms with E-state index in [2.05, 4.69) is 0 Å². The molecular weight excluding hydrogens is 342 g/mol. The summed E-state index contributed by atoms with van der Waals surface area (Å²) in [5.41, 5.74) is 1.48. The van der Waals surface area contributed by atoms with E-state index in [4.69, 9.17) is 21.1 Å². The van der Waals surface area contributed by atoms with Crippen LogP contribution >= 0.6 is 11.6 Å². The molecule has 0 aromatic heterocycles. The minimum atomic E-state index is -0.0980. The van der Waals surface area contributed by atoms with Crippen molar-refractivity contribution in [3.05, 3.63) is 52.5 Å². The molecule has 1 amide bonds. The van der Waals surface area contributed by atoms with Crippen molar-refractivity contribution in [1.29, 1.82) is 0 Å². The van der Waals surface area contributed by atoms with Gasteiger partial charge in [0.2, 0.25) is 0 Å². The summed E-state index contributed by atoms with van der Waals surface area (Å²) in [6.45, 7) is 0.677. The van der Waals surface area contributed by atoms with Gasteiger partial charge in [0.25, 0.3) is 5.91 Å². The van der Waals surface area contributed by atoms with Crippen LogP contribution in [0.1, 0.15) is 34.8 Å². The normalized spacial score (nSPS) is 16.8. The van der Waals surface area contributed by atoms with Gasteiger partial charge < -0.3 is 19.5 Å². The van der Waals surface area contributed by atoms with E-state index in [1.165, 1.54) is 12.1 Å². The highest BCUT2D eigenvalue weighted by Crippen LogP contribution is 2.38. The average Bonchev–Trinajstić information content (AvgIpc) is 3.12. The summed E-state index contributed by atoms with van der Waals surface area (Å²) in [5.74, 6) is 1.18. The fourth-order valence-corrected chi connectivity index (χ4v) is 3.40. The Bertz CT molecular complexity index is 793. The third-order valence-corrected chi connectivity index (χ3v) is 4.80. The first-order valence-electron chi connectivity index (χ1n) is 8.06. The SMILES string of the molecule is COc1ccc([C@@H]2CCCN2C(=O)c2ccc(O)c(Cl)c2)cc1OC. The molecule has 1 fully saturated rings. The number of ether oxygens (including phenoxy) is 2. The first kappa shape index (κ1) is 17.4. The Morgan fingerprint density at radius 2 is 1.92 bits per heavy atom. The first-order valence-corrected chi connectivity index (χ1v) is 8.44. The molecule has 3 rings (SSSR count). The molecule has 132 valence electrons. The van der Waals surface area contributed by atoms with Crippen LogP contribution in [-0.2, 0) is 0 Å². The number of hydrogen-bond donors (Lipinski definition) is 1. The van der Waals surface area contributed by atoms with Crippen LogP contribution in [0.25, 0.3) is 0 Å². The van der Waals surface area contributed by atoms with Gasteiger partial charge in [-0.15, -0.1) is 0 Å². The van der Waals surface area contributed by atoms with Crippen molar-refractivity contribution >= 4 is 17.5 Å². The number of phenolic OH excluding ortho intramolecular Hbond substituents is 1. The van der Waals surface area contributed by atoms with Crippen LogP contribution < -0.4 is 9.47 Å². The highest BCUT2D eigenvalue weighted by molar-refractivity contribution is 6.32. The lowest BCUT2D eigenvalue weighted by molar-refractivity contribution is 0.0735. The van der Waals surface area contributed by atoms with Gasteiger partial charge in [-0.05, 0) is 48.7 Å². The Kier molecular flexibility index (Phi) is 5.04. The quantitative estimate of drug-likeness (QED) is 0.892. The van der Waals surface area contributed by atoms with Crippen LogP contribution in [0.4, 0.5) is 0 Å². The standard InChI is InChI=1S/C19H20ClNO4/c1-24-17-8-6-12(11-18(17)25-2)15-4-3-9-21(15)19(23)13-5-7-16(22)14(20)10-13/h5-8,10-11,15,22H,3-4,9H2,1-2H3/t15-/m0/s1. The van der Waals surface area contributed by atoms with Crippen molar-refractivity contribution in [3.8, 4) is 17.2 Å². The molecule has 5 nitrogen and oxygen atoms in total. The van der Waals surface area contributed by atoms with Gasteiger partial charge in [0.15, 0.2) is 11.5 Å². The Morgan fingerprint density at radius 1 is 1.16 bits per heavy atom. The van der Waals surface area contributed by atoms with E-state index >= 15 is 0 Å². The smallest absolute Gasteiger partial charge is 0.254 e. The summed E-state index contributed by atoms with van der Waals surface area (Å²) in [6.07, 6.45) is 1.81. The van der Waals surface area contributed by atoms with Crippen molar-refractivity contribution in [2.75, 3.05) is 20.8 Å². The molecule has 0 radical (unpaired) electrons. The highest BCUT2D eigenvalue weighted by atomic mass is 35.5. The van der Waals surface area contributed by atoms with Crippen molar-refractivity contribution < 1.29 is 19.4 Å². The molecule has 2 aromatic rings. The first-order chi connectivity index (χ1) is 12.0. The molecule has 1 aliphatic rings. The molecule has 2 aromatic carbocycles. The number of carbonyl (C=O) groups excluding carboxylic acids is 1. The van der Waals surface area contributed by atoms with Gasteiger partial charge in [0.1, 0.15) is 5.75 Å². The van der Waals surface area contributed by atoms with Gasteiger partial charge in [0.05, 0.1) is 25.3 Å². The molecule has 0 unspecified atom stereocenters. The summed E-state index contributed by atoms with van der Waals surface area (Å²) in [6, 6.07) is 10.2. The van der Waals surface area contributed by atoms with E-state index < -0.39 is 0 Å². The van der Waals surface area contributed by atoms with Crippen LogP contribution in [0.5, 0.6) is 17.2 Å². The summed E-state index contributed by atoms with van der Waals surface area (Å²) in [5, 5.41) is 9.72. The van der Waals surface area contributed by atoms with Crippen molar-refractivity contribution in [1.82, 2.24) is 4.90 Å². The average molecular weight is 362 g/mol. The number of nitrogens with zero attached hydrogens (tertiary/aromatic N) is 1. The summed E-state index contributed by atoms with van der Waals surface area (Å²) in [7, 11) is 3.19. The van der Waals surface area contributed by atoms with Gasteiger partial charge >= 0.3 is 0 Å². The summed E-state index contributed by atoms with van der Waals surface area (Å²) in [4.78, 5) is 14.7. The number of carbonyl (C=O) groups is 1. The van der Waals surface area contributed by atoms with E-state index in [1.54, 1.807) is 20.3 Å². The molecule has 25 heavy (non-hydrogen) atoms. The van der Waals surface area contributed by atoms with Crippen molar-refractivity contribution in [2.45, 2.75) is 18.9 Å². The fraction of sp³-hybridized carbons (Fsp3) is 0.316. The number of phenols is 1. The molecule has 0 bridgehead atoms. The van der Waals surface area contributed by atoms with Crippen LogP contribution in [0, 0.1) is 0 Å².